The van der Waals surface area contributed by atoms with E-state index in [0.29, 0.717) is 0 Å². The standard InChI is InChI=1S/Al.Ga.In.Li.Sn.12H. The molecule has 0 atom stereocenters. The molecule has 0 aromatic rings. The van der Waals surface area contributed by atoms with Crippen LogP contribution in [-0.2, 0) is 0 Å². The zero-order chi connectivity index (χ0) is 0. The predicted molar refractivity (Wildman–Crippen MR) is 45.5 cm³/mol. The van der Waals surface area contributed by atoms with Crippen molar-refractivity contribution in [2.75, 3.05) is 0 Å². The van der Waals surface area contributed by atoms with Gasteiger partial charge in [-0.25, -0.2) is 0 Å². The van der Waals surface area contributed by atoms with Crippen LogP contribution in [-0.4, -0.2) is 106 Å². The topological polar surface area (TPSA) is 0 Å². The van der Waals surface area contributed by atoms with Crippen molar-refractivity contribution in [2.45, 2.75) is 0 Å². The first-order valence-corrected chi connectivity index (χ1v) is 0. The Kier molecular flexibility index (Phi) is 206. The van der Waals surface area contributed by atoms with Crippen LogP contribution in [0.5, 0.6) is 0 Å². The van der Waals surface area contributed by atoms with Gasteiger partial charge in [0.25, 0.3) is 0 Å². The molecule has 26 valence electrons. The fourth-order valence-corrected chi connectivity index (χ4v) is 0. The van der Waals surface area contributed by atoms with Crippen molar-refractivity contribution in [2.24, 2.45) is 0 Å². The first kappa shape index (κ1) is 39.5. The third kappa shape index (κ3) is 18.6. The van der Waals surface area contributed by atoms with Crippen LogP contribution < -0.4 is 0 Å². The summed E-state index contributed by atoms with van der Waals surface area (Å²) in [6.07, 6.45) is 0. The first-order valence-electron chi connectivity index (χ1n) is 0. The Balaban J connectivity index is 0. The zero-order valence-corrected chi connectivity index (χ0v) is 4.74. The van der Waals surface area contributed by atoms with E-state index in [1.54, 1.807) is 0 Å². The molecule has 0 aromatic carbocycles. The summed E-state index contributed by atoms with van der Waals surface area (Å²) in [5.74, 6) is 0. The number of hydrogen-bond acceptors (Lipinski definition) is 0. The van der Waals surface area contributed by atoms with Crippen molar-refractivity contribution in [3.63, 3.8) is 0 Å². The van der Waals surface area contributed by atoms with E-state index in [4.69, 9.17) is 0 Å². The van der Waals surface area contributed by atoms with Crippen molar-refractivity contribution in [1.29, 1.82) is 0 Å². The van der Waals surface area contributed by atoms with E-state index in [1.807, 2.05) is 0 Å². The number of hydrogen-bond donors (Lipinski definition) is 0. The molecule has 0 nitrogen and oxygen atoms in total. The molecule has 5 heteroatoms. The third-order valence-corrected chi connectivity index (χ3v) is 0. The molecule has 2 radical (unpaired) electrons. The van der Waals surface area contributed by atoms with Crippen LogP contribution in [0.4, 0.5) is 0 Å². The molecule has 0 aliphatic rings. The Morgan fingerprint density at radius 1 is 1.00 bits per heavy atom. The molecular weight excluding hydrogens is 337 g/mol. The van der Waals surface area contributed by atoms with Gasteiger partial charge in [-0.05, 0) is 0 Å². The van der Waals surface area contributed by atoms with E-state index in [9.17, 15) is 0 Å². The number of rotatable bonds is 0. The minimum atomic E-state index is 0. The summed E-state index contributed by atoms with van der Waals surface area (Å²) >= 11 is 0. The van der Waals surface area contributed by atoms with Crippen LogP contribution in [0.1, 0.15) is 0 Å². The average Bonchev–Trinajstić information content (AvgIpc) is 0. The van der Waals surface area contributed by atoms with Gasteiger partial charge in [-0.1, -0.05) is 0 Å². The molecule has 0 aromatic heterocycles. The maximum absolute atomic E-state index is 0. The Morgan fingerprint density at radius 3 is 1.00 bits per heavy atom. The summed E-state index contributed by atoms with van der Waals surface area (Å²) in [5.41, 5.74) is 0. The van der Waals surface area contributed by atoms with E-state index >= 15 is 0 Å². The molecule has 0 aliphatic carbocycles. The van der Waals surface area contributed by atoms with E-state index in [2.05, 4.69) is 0 Å². The van der Waals surface area contributed by atoms with Gasteiger partial charge in [0.15, 0.2) is 17.4 Å². The van der Waals surface area contributed by atoms with Gasteiger partial charge in [-0.3, -0.25) is 0 Å². The van der Waals surface area contributed by atoms with Gasteiger partial charge in [0, 0.05) is 0 Å². The van der Waals surface area contributed by atoms with Crippen molar-refractivity contribution < 1.29 is 0 Å². The Labute approximate surface area is 104 Å². The van der Waals surface area contributed by atoms with Crippen molar-refractivity contribution >= 4 is 106 Å². The van der Waals surface area contributed by atoms with Gasteiger partial charge < -0.3 is 0 Å². The summed E-state index contributed by atoms with van der Waals surface area (Å²) in [4.78, 5) is 0. The minimum absolute atomic E-state index is 0. The fraction of sp³-hybridized carbons (Fsp3) is 0. The normalized spacial score (nSPS) is 0. The summed E-state index contributed by atoms with van der Waals surface area (Å²) in [6.45, 7) is 0. The molecule has 0 aliphatic heterocycles. The van der Waals surface area contributed by atoms with Crippen LogP contribution in [0.2, 0.25) is 0 Å². The van der Waals surface area contributed by atoms with Crippen LogP contribution in [0.25, 0.3) is 0 Å². The Hall–Kier alpha value is 3.44. The average molecular weight is 349 g/mol. The van der Waals surface area contributed by atoms with Gasteiger partial charge in [0.2, 0.25) is 0 Å². The fourth-order valence-electron chi connectivity index (χ4n) is 0. The molecule has 0 rings (SSSR count). The van der Waals surface area contributed by atoms with Crippen molar-refractivity contribution in [3.05, 3.63) is 0 Å². The second-order valence-corrected chi connectivity index (χ2v) is 0. The summed E-state index contributed by atoms with van der Waals surface area (Å²) in [7, 11) is 0. The van der Waals surface area contributed by atoms with Gasteiger partial charge in [-0.15, -0.1) is 0 Å². The third-order valence-electron chi connectivity index (χ3n) is 0. The molecule has 0 amide bonds. The van der Waals surface area contributed by atoms with Crippen LogP contribution in [0, 0.1) is 0 Å². The second-order valence-electron chi connectivity index (χ2n) is 0. The van der Waals surface area contributed by atoms with E-state index < -0.39 is 0 Å². The summed E-state index contributed by atoms with van der Waals surface area (Å²) < 4.78 is 0. The Morgan fingerprint density at radius 2 is 1.00 bits per heavy atom. The second kappa shape index (κ2) is 26.1. The maximum atomic E-state index is 0. The van der Waals surface area contributed by atoms with Gasteiger partial charge in [0.05, 0.1) is 0 Å². The molecule has 0 N–H and O–H groups in total. The molecule has 0 heterocycles. The van der Waals surface area contributed by atoms with Crippen LogP contribution in [0.15, 0.2) is 0 Å². The van der Waals surface area contributed by atoms with Crippen molar-refractivity contribution in [3.8, 4) is 0 Å². The van der Waals surface area contributed by atoms with Gasteiger partial charge in [0.1, 0.15) is 0 Å². The van der Waals surface area contributed by atoms with E-state index in [-0.39, 0.29) is 106 Å². The van der Waals surface area contributed by atoms with Gasteiger partial charge in [-0.2, -0.15) is 0 Å². The molecule has 5 heavy (non-hydrogen) atoms. The summed E-state index contributed by atoms with van der Waals surface area (Å²) in [6, 6.07) is 0. The SMILES string of the molecule is [AlH3].[GaH3].[InH3].[LiH].[SnH2]. The predicted octanol–water partition coefficient (Wildman–Crippen LogP) is -5.12. The zero-order valence-electron chi connectivity index (χ0n) is 0.707. The molecule has 0 unspecified atom stereocenters. The first-order chi connectivity index (χ1) is 0. The molecular formula is H12AlGaInLiSn. The molecule has 0 bridgehead atoms. The molecule has 0 spiro atoms. The quantitative estimate of drug-likeness (QED) is 0.384. The van der Waals surface area contributed by atoms with Gasteiger partial charge >= 0.3 is 88.4 Å². The molecule has 0 saturated carbocycles. The van der Waals surface area contributed by atoms with Crippen molar-refractivity contribution in [1.82, 2.24) is 0 Å². The van der Waals surface area contributed by atoms with E-state index in [1.165, 1.54) is 0 Å². The molecule has 0 saturated heterocycles. The summed E-state index contributed by atoms with van der Waals surface area (Å²) in [5, 5.41) is 0. The monoisotopic (exact) mass is 350 g/mol. The van der Waals surface area contributed by atoms with Crippen LogP contribution in [0.3, 0.4) is 0 Å². The molecule has 0 fully saturated rings. The van der Waals surface area contributed by atoms with Crippen LogP contribution >= 0.6 is 0 Å². The Bertz CT molecular complexity index is 11.6. The van der Waals surface area contributed by atoms with E-state index in [0.717, 1.165) is 0 Å².